The van der Waals surface area contributed by atoms with Crippen molar-refractivity contribution in [1.82, 2.24) is 4.90 Å². The lowest BCUT2D eigenvalue weighted by Crippen LogP contribution is -2.28. The normalized spacial score (nSPS) is 11.9. The van der Waals surface area contributed by atoms with Crippen LogP contribution in [0.2, 0.25) is 0 Å². The van der Waals surface area contributed by atoms with Crippen molar-refractivity contribution in [2.24, 2.45) is 0 Å². The molecule has 0 aromatic rings. The molecule has 0 aliphatic carbocycles. The summed E-state index contributed by atoms with van der Waals surface area (Å²) in [5.74, 6) is 0. The van der Waals surface area contributed by atoms with Gasteiger partial charge in [-0.05, 0) is 51.5 Å². The van der Waals surface area contributed by atoms with Gasteiger partial charge in [0.2, 0.25) is 0 Å². The number of aliphatic hydroxyl groups excluding tert-OH is 2. The van der Waals surface area contributed by atoms with E-state index in [4.69, 9.17) is 10.2 Å². The Kier molecular flexibility index (Phi) is 23.3. The molecule has 3 heteroatoms. The van der Waals surface area contributed by atoms with Gasteiger partial charge in [0.1, 0.15) is 0 Å². The Labute approximate surface area is 170 Å². The van der Waals surface area contributed by atoms with E-state index in [1.165, 1.54) is 89.9 Å². The summed E-state index contributed by atoms with van der Waals surface area (Å²) >= 11 is 0. The largest absolute Gasteiger partial charge is 0.396 e. The zero-order chi connectivity index (χ0) is 19.8. The van der Waals surface area contributed by atoms with Gasteiger partial charge in [0.25, 0.3) is 0 Å². The first-order chi connectivity index (χ1) is 13.3. The van der Waals surface area contributed by atoms with E-state index < -0.39 is 0 Å². The Balaban J connectivity index is 3.34. The molecule has 0 aliphatic heterocycles. The van der Waals surface area contributed by atoms with E-state index in [1.54, 1.807) is 0 Å². The zero-order valence-electron chi connectivity index (χ0n) is 18.3. The van der Waals surface area contributed by atoms with E-state index in [-0.39, 0.29) is 13.2 Å². The van der Waals surface area contributed by atoms with Gasteiger partial charge in [-0.1, -0.05) is 76.9 Å². The molecule has 0 heterocycles. The van der Waals surface area contributed by atoms with Crippen LogP contribution in [-0.4, -0.2) is 48.0 Å². The van der Waals surface area contributed by atoms with Crippen molar-refractivity contribution < 1.29 is 10.2 Å². The molecule has 0 saturated heterocycles. The van der Waals surface area contributed by atoms with Gasteiger partial charge in [-0.25, -0.2) is 0 Å². The summed E-state index contributed by atoms with van der Waals surface area (Å²) < 4.78 is 0. The molecule has 0 bridgehead atoms. The van der Waals surface area contributed by atoms with Gasteiger partial charge in [0.05, 0.1) is 0 Å². The molecular weight excluding hydrogens is 334 g/mol. The highest BCUT2D eigenvalue weighted by atomic mass is 16.3. The van der Waals surface area contributed by atoms with E-state index >= 15 is 0 Å². The molecule has 0 radical (unpaired) electrons. The van der Waals surface area contributed by atoms with Crippen LogP contribution in [0.4, 0.5) is 0 Å². The minimum Gasteiger partial charge on any atom is -0.396 e. The summed E-state index contributed by atoms with van der Waals surface area (Å²) in [5, 5.41) is 17.9. The van der Waals surface area contributed by atoms with Gasteiger partial charge in [-0.2, -0.15) is 0 Å². The summed E-state index contributed by atoms with van der Waals surface area (Å²) in [5.41, 5.74) is 0. The fourth-order valence-electron chi connectivity index (χ4n) is 3.51. The van der Waals surface area contributed by atoms with Crippen LogP contribution in [0.3, 0.4) is 0 Å². The van der Waals surface area contributed by atoms with E-state index in [0.717, 1.165) is 32.5 Å². The molecule has 3 nitrogen and oxygen atoms in total. The second-order valence-electron chi connectivity index (χ2n) is 7.93. The lowest BCUT2D eigenvalue weighted by atomic mass is 10.1. The van der Waals surface area contributed by atoms with Crippen molar-refractivity contribution in [3.63, 3.8) is 0 Å². The highest BCUT2D eigenvalue weighted by molar-refractivity contribution is 4.81. The molecule has 0 aliphatic rings. The maximum Gasteiger partial charge on any atom is 0.0443 e. The number of unbranched alkanes of at least 4 members (excludes halogenated alkanes) is 12. The number of allylic oxidation sites excluding steroid dienone is 2. The molecule has 0 unspecified atom stereocenters. The summed E-state index contributed by atoms with van der Waals surface area (Å²) in [6.07, 6.45) is 25.3. The first kappa shape index (κ1) is 26.6. The highest BCUT2D eigenvalue weighted by Crippen LogP contribution is 2.10. The SMILES string of the molecule is CCCCCCCC/C=C\CCCCCCCCN(CCCO)CCCO. The van der Waals surface area contributed by atoms with Gasteiger partial charge in [0, 0.05) is 26.3 Å². The van der Waals surface area contributed by atoms with Crippen LogP contribution in [0, 0.1) is 0 Å². The maximum atomic E-state index is 8.97. The predicted octanol–water partition coefficient (Wildman–Crippen LogP) is 6.09. The summed E-state index contributed by atoms with van der Waals surface area (Å²) in [4.78, 5) is 2.39. The number of nitrogens with zero attached hydrogens (tertiary/aromatic N) is 1. The molecule has 0 saturated carbocycles. The van der Waals surface area contributed by atoms with E-state index in [0.29, 0.717) is 0 Å². The van der Waals surface area contributed by atoms with Crippen LogP contribution in [0.5, 0.6) is 0 Å². The Morgan fingerprint density at radius 3 is 1.41 bits per heavy atom. The monoisotopic (exact) mass is 383 g/mol. The van der Waals surface area contributed by atoms with Crippen molar-refractivity contribution in [1.29, 1.82) is 0 Å². The lowest BCUT2D eigenvalue weighted by molar-refractivity contribution is 0.199. The molecule has 0 atom stereocenters. The molecule has 0 rings (SSSR count). The van der Waals surface area contributed by atoms with Crippen molar-refractivity contribution in [3.05, 3.63) is 12.2 Å². The second kappa shape index (κ2) is 23.7. The lowest BCUT2D eigenvalue weighted by Gasteiger charge is -2.21. The molecule has 0 aromatic heterocycles. The fourth-order valence-corrected chi connectivity index (χ4v) is 3.51. The van der Waals surface area contributed by atoms with Gasteiger partial charge < -0.3 is 15.1 Å². The average molecular weight is 384 g/mol. The molecule has 2 N–H and O–H groups in total. The second-order valence-corrected chi connectivity index (χ2v) is 7.93. The van der Waals surface area contributed by atoms with Crippen LogP contribution in [-0.2, 0) is 0 Å². The first-order valence-electron chi connectivity index (χ1n) is 11.9. The molecule has 0 aromatic carbocycles. The van der Waals surface area contributed by atoms with Crippen LogP contribution >= 0.6 is 0 Å². The van der Waals surface area contributed by atoms with Crippen LogP contribution < -0.4 is 0 Å². The number of aliphatic hydroxyl groups is 2. The van der Waals surface area contributed by atoms with Crippen LogP contribution in [0.25, 0.3) is 0 Å². The third kappa shape index (κ3) is 21.8. The fraction of sp³-hybridized carbons (Fsp3) is 0.917. The molecule has 0 spiro atoms. The predicted molar refractivity (Wildman–Crippen MR) is 119 cm³/mol. The van der Waals surface area contributed by atoms with Gasteiger partial charge >= 0.3 is 0 Å². The van der Waals surface area contributed by atoms with Gasteiger partial charge in [0.15, 0.2) is 0 Å². The van der Waals surface area contributed by atoms with Crippen molar-refractivity contribution in [2.75, 3.05) is 32.8 Å². The molecule has 0 fully saturated rings. The van der Waals surface area contributed by atoms with Crippen molar-refractivity contribution >= 4 is 0 Å². The standard InChI is InChI=1S/C24H49NO2/c1-2-3-4-5-6-7-8-9-10-11-12-13-14-15-16-17-20-25(21-18-23-26)22-19-24-27/h9-10,26-27H,2-8,11-24H2,1H3/b10-9-. The molecule has 0 amide bonds. The Bertz CT molecular complexity index is 286. The smallest absolute Gasteiger partial charge is 0.0443 e. The van der Waals surface area contributed by atoms with E-state index in [1.807, 2.05) is 0 Å². The Morgan fingerprint density at radius 2 is 0.926 bits per heavy atom. The summed E-state index contributed by atoms with van der Waals surface area (Å²) in [6.45, 7) is 5.84. The quantitative estimate of drug-likeness (QED) is 0.176. The Morgan fingerprint density at radius 1 is 0.519 bits per heavy atom. The molecule has 27 heavy (non-hydrogen) atoms. The third-order valence-corrected chi connectivity index (χ3v) is 5.25. The average Bonchev–Trinajstić information content (AvgIpc) is 2.69. The minimum absolute atomic E-state index is 0.267. The number of rotatable bonds is 22. The topological polar surface area (TPSA) is 43.7 Å². The molecule has 162 valence electrons. The Hall–Kier alpha value is -0.380. The van der Waals surface area contributed by atoms with Crippen LogP contribution in [0.1, 0.15) is 110 Å². The number of hydrogen-bond acceptors (Lipinski definition) is 3. The first-order valence-corrected chi connectivity index (χ1v) is 11.9. The van der Waals surface area contributed by atoms with E-state index in [9.17, 15) is 0 Å². The number of hydrogen-bond donors (Lipinski definition) is 2. The molecular formula is C24H49NO2. The highest BCUT2D eigenvalue weighted by Gasteiger charge is 2.03. The van der Waals surface area contributed by atoms with Gasteiger partial charge in [-0.15, -0.1) is 0 Å². The zero-order valence-corrected chi connectivity index (χ0v) is 18.3. The van der Waals surface area contributed by atoms with Crippen molar-refractivity contribution in [2.45, 2.75) is 110 Å². The van der Waals surface area contributed by atoms with Gasteiger partial charge in [-0.3, -0.25) is 0 Å². The third-order valence-electron chi connectivity index (χ3n) is 5.25. The van der Waals surface area contributed by atoms with Crippen molar-refractivity contribution in [3.8, 4) is 0 Å². The van der Waals surface area contributed by atoms with E-state index in [2.05, 4.69) is 24.0 Å². The summed E-state index contributed by atoms with van der Waals surface area (Å²) in [6, 6.07) is 0. The minimum atomic E-state index is 0.267. The summed E-state index contributed by atoms with van der Waals surface area (Å²) in [7, 11) is 0. The maximum absolute atomic E-state index is 8.97. The van der Waals surface area contributed by atoms with Crippen LogP contribution in [0.15, 0.2) is 12.2 Å².